The first-order valence-electron chi connectivity index (χ1n) is 5.88. The molecule has 0 heterocycles. The molecular weight excluding hydrogens is 250 g/mol. The van der Waals surface area contributed by atoms with Crippen LogP contribution in [0.5, 0.6) is 0 Å². The monoisotopic (exact) mass is 269 g/mol. The van der Waals surface area contributed by atoms with Crippen LogP contribution in [0.2, 0.25) is 0 Å². The summed E-state index contributed by atoms with van der Waals surface area (Å²) in [5, 5.41) is 2.64. The molecule has 1 unspecified atom stereocenters. The molecule has 100 valence electrons. The summed E-state index contributed by atoms with van der Waals surface area (Å²) < 4.78 is 21.8. The standard InChI is InChI=1S/C13H19NO3S/c1-11(10-12-6-4-3-5-7-12)13(15)14-8-9-18(2,16)17/h3-7,11H,8-10H2,1-2H3,(H,14,15). The average molecular weight is 269 g/mol. The van der Waals surface area contributed by atoms with Crippen LogP contribution in [0.25, 0.3) is 0 Å². The van der Waals surface area contributed by atoms with Crippen LogP contribution < -0.4 is 5.32 Å². The van der Waals surface area contributed by atoms with Gasteiger partial charge in [-0.05, 0) is 12.0 Å². The van der Waals surface area contributed by atoms with Gasteiger partial charge in [0, 0.05) is 18.7 Å². The van der Waals surface area contributed by atoms with Gasteiger partial charge in [0.15, 0.2) is 0 Å². The van der Waals surface area contributed by atoms with Crippen molar-refractivity contribution in [2.45, 2.75) is 13.3 Å². The normalized spacial score (nSPS) is 13.0. The molecule has 0 spiro atoms. The Hall–Kier alpha value is -1.36. The number of amides is 1. The zero-order chi connectivity index (χ0) is 13.6. The summed E-state index contributed by atoms with van der Waals surface area (Å²) in [4.78, 5) is 11.7. The van der Waals surface area contributed by atoms with Gasteiger partial charge in [-0.2, -0.15) is 0 Å². The van der Waals surface area contributed by atoms with Crippen LogP contribution in [0.15, 0.2) is 30.3 Å². The lowest BCUT2D eigenvalue weighted by Gasteiger charge is -2.11. The van der Waals surface area contributed by atoms with E-state index in [2.05, 4.69) is 5.32 Å². The zero-order valence-electron chi connectivity index (χ0n) is 10.7. The quantitative estimate of drug-likeness (QED) is 0.839. The Morgan fingerprint density at radius 3 is 2.44 bits per heavy atom. The lowest BCUT2D eigenvalue weighted by atomic mass is 10.0. The summed E-state index contributed by atoms with van der Waals surface area (Å²) in [5.74, 6) is -0.286. The maximum Gasteiger partial charge on any atom is 0.223 e. The fourth-order valence-electron chi connectivity index (χ4n) is 1.59. The second-order valence-electron chi connectivity index (χ2n) is 4.51. The van der Waals surface area contributed by atoms with Gasteiger partial charge in [0.2, 0.25) is 5.91 Å². The lowest BCUT2D eigenvalue weighted by Crippen LogP contribution is -2.33. The van der Waals surface area contributed by atoms with Gasteiger partial charge in [0.1, 0.15) is 9.84 Å². The van der Waals surface area contributed by atoms with Crippen molar-refractivity contribution in [2.24, 2.45) is 5.92 Å². The maximum absolute atomic E-state index is 11.7. The average Bonchev–Trinajstić information content (AvgIpc) is 2.28. The zero-order valence-corrected chi connectivity index (χ0v) is 11.5. The van der Waals surface area contributed by atoms with Crippen molar-refractivity contribution in [1.29, 1.82) is 0 Å². The van der Waals surface area contributed by atoms with Crippen molar-refractivity contribution in [3.05, 3.63) is 35.9 Å². The van der Waals surface area contributed by atoms with Gasteiger partial charge in [-0.15, -0.1) is 0 Å². The molecule has 4 nitrogen and oxygen atoms in total. The van der Waals surface area contributed by atoms with Crippen LogP contribution in [-0.2, 0) is 21.1 Å². The van der Waals surface area contributed by atoms with E-state index in [0.717, 1.165) is 11.8 Å². The highest BCUT2D eigenvalue weighted by Crippen LogP contribution is 2.07. The Morgan fingerprint density at radius 2 is 1.89 bits per heavy atom. The minimum atomic E-state index is -3.02. The Morgan fingerprint density at radius 1 is 1.28 bits per heavy atom. The van der Waals surface area contributed by atoms with Crippen molar-refractivity contribution < 1.29 is 13.2 Å². The summed E-state index contributed by atoms with van der Waals surface area (Å²) in [6.45, 7) is 2.01. The molecule has 0 saturated heterocycles. The van der Waals surface area contributed by atoms with Gasteiger partial charge in [-0.25, -0.2) is 8.42 Å². The molecule has 0 bridgehead atoms. The molecule has 0 aliphatic heterocycles. The second-order valence-corrected chi connectivity index (χ2v) is 6.77. The first kappa shape index (κ1) is 14.7. The molecule has 0 saturated carbocycles. The third-order valence-electron chi connectivity index (χ3n) is 2.60. The van der Waals surface area contributed by atoms with E-state index in [1.807, 2.05) is 37.3 Å². The topological polar surface area (TPSA) is 63.2 Å². The summed E-state index contributed by atoms with van der Waals surface area (Å²) >= 11 is 0. The molecule has 0 aliphatic rings. The Labute approximate surface area is 108 Å². The number of hydrogen-bond donors (Lipinski definition) is 1. The fourth-order valence-corrected chi connectivity index (χ4v) is 2.07. The third-order valence-corrected chi connectivity index (χ3v) is 3.55. The predicted octanol–water partition coefficient (Wildman–Crippen LogP) is 1.03. The molecular formula is C13H19NO3S. The van der Waals surface area contributed by atoms with E-state index in [1.165, 1.54) is 0 Å². The molecule has 0 radical (unpaired) electrons. The highest BCUT2D eigenvalue weighted by atomic mass is 32.2. The van der Waals surface area contributed by atoms with Gasteiger partial charge in [0.25, 0.3) is 0 Å². The Balaban J connectivity index is 2.38. The molecule has 1 amide bonds. The molecule has 1 atom stereocenters. The minimum Gasteiger partial charge on any atom is -0.355 e. The SMILES string of the molecule is CC(Cc1ccccc1)C(=O)NCCS(C)(=O)=O. The molecule has 1 N–H and O–H groups in total. The minimum absolute atomic E-state index is 0.0171. The van der Waals surface area contributed by atoms with Crippen LogP contribution in [-0.4, -0.2) is 32.9 Å². The molecule has 18 heavy (non-hydrogen) atoms. The van der Waals surface area contributed by atoms with Crippen LogP contribution in [0, 0.1) is 5.92 Å². The fraction of sp³-hybridized carbons (Fsp3) is 0.462. The van der Waals surface area contributed by atoms with Crippen LogP contribution in [0.3, 0.4) is 0 Å². The molecule has 0 fully saturated rings. The molecule has 5 heteroatoms. The van der Waals surface area contributed by atoms with Crippen molar-refractivity contribution >= 4 is 15.7 Å². The second kappa shape index (κ2) is 6.54. The summed E-state index contributed by atoms with van der Waals surface area (Å²) in [6, 6.07) is 9.74. The predicted molar refractivity (Wildman–Crippen MR) is 72.0 cm³/mol. The van der Waals surface area contributed by atoms with Crippen molar-refractivity contribution in [1.82, 2.24) is 5.32 Å². The van der Waals surface area contributed by atoms with Gasteiger partial charge in [0.05, 0.1) is 5.75 Å². The third kappa shape index (κ3) is 5.82. The Kier molecular flexibility index (Phi) is 5.34. The molecule has 1 aromatic carbocycles. The van der Waals surface area contributed by atoms with Gasteiger partial charge in [-0.1, -0.05) is 37.3 Å². The molecule has 1 aromatic rings. The summed E-state index contributed by atoms with van der Waals surface area (Å²) in [5.41, 5.74) is 1.10. The Bertz CT molecular complexity index is 482. The van der Waals surface area contributed by atoms with E-state index in [9.17, 15) is 13.2 Å². The van der Waals surface area contributed by atoms with E-state index in [1.54, 1.807) is 0 Å². The van der Waals surface area contributed by atoms with Crippen LogP contribution in [0.1, 0.15) is 12.5 Å². The number of rotatable bonds is 6. The van der Waals surface area contributed by atoms with Gasteiger partial charge < -0.3 is 5.32 Å². The number of carbonyl (C=O) groups is 1. The van der Waals surface area contributed by atoms with Crippen molar-refractivity contribution in [2.75, 3.05) is 18.6 Å². The van der Waals surface area contributed by atoms with Gasteiger partial charge in [-0.3, -0.25) is 4.79 Å². The number of carbonyl (C=O) groups excluding carboxylic acids is 1. The number of hydrogen-bond acceptors (Lipinski definition) is 3. The van der Waals surface area contributed by atoms with Crippen molar-refractivity contribution in [3.63, 3.8) is 0 Å². The summed E-state index contributed by atoms with van der Waals surface area (Å²) in [6.07, 6.45) is 1.82. The van der Waals surface area contributed by atoms with E-state index >= 15 is 0 Å². The van der Waals surface area contributed by atoms with Gasteiger partial charge >= 0.3 is 0 Å². The molecule has 0 aliphatic carbocycles. The molecule has 0 aromatic heterocycles. The molecule has 1 rings (SSSR count). The van der Waals surface area contributed by atoms with E-state index in [0.29, 0.717) is 6.42 Å². The number of sulfone groups is 1. The van der Waals surface area contributed by atoms with E-state index in [4.69, 9.17) is 0 Å². The van der Waals surface area contributed by atoms with E-state index < -0.39 is 9.84 Å². The maximum atomic E-state index is 11.7. The smallest absolute Gasteiger partial charge is 0.223 e. The van der Waals surface area contributed by atoms with Crippen LogP contribution >= 0.6 is 0 Å². The number of benzene rings is 1. The first-order valence-corrected chi connectivity index (χ1v) is 7.94. The largest absolute Gasteiger partial charge is 0.355 e. The summed E-state index contributed by atoms with van der Waals surface area (Å²) in [7, 11) is -3.02. The van der Waals surface area contributed by atoms with E-state index in [-0.39, 0.29) is 24.1 Å². The highest BCUT2D eigenvalue weighted by molar-refractivity contribution is 7.90. The highest BCUT2D eigenvalue weighted by Gasteiger charge is 2.13. The van der Waals surface area contributed by atoms with Crippen LogP contribution in [0.4, 0.5) is 0 Å². The lowest BCUT2D eigenvalue weighted by molar-refractivity contribution is -0.124. The first-order chi connectivity index (χ1) is 8.38. The number of nitrogens with one attached hydrogen (secondary N) is 1. The van der Waals surface area contributed by atoms with Crippen molar-refractivity contribution in [3.8, 4) is 0 Å².